The number of ether oxygens (including phenoxy) is 3. The van der Waals surface area contributed by atoms with E-state index in [1.807, 2.05) is 84.9 Å². The third-order valence-electron chi connectivity index (χ3n) is 12.3. The molecule has 3 amide bonds. The van der Waals surface area contributed by atoms with Gasteiger partial charge < -0.3 is 29.1 Å². The van der Waals surface area contributed by atoms with E-state index >= 15 is 4.79 Å². The van der Waals surface area contributed by atoms with Gasteiger partial charge in [0.2, 0.25) is 5.91 Å². The molecule has 4 aromatic carbocycles. The summed E-state index contributed by atoms with van der Waals surface area (Å²) >= 11 is 0. The topological polar surface area (TPSA) is 109 Å². The summed E-state index contributed by atoms with van der Waals surface area (Å²) in [5.41, 5.74) is 3.12. The van der Waals surface area contributed by atoms with E-state index in [1.165, 1.54) is 0 Å². The van der Waals surface area contributed by atoms with E-state index in [-0.39, 0.29) is 55.2 Å². The number of hydrogen-bond acceptors (Lipinski definition) is 7. The minimum Gasteiger partial charge on any atom is -0.497 e. The highest BCUT2D eigenvalue weighted by atomic mass is 16.5. The molecule has 0 bridgehead atoms. The first-order valence-corrected chi connectivity index (χ1v) is 18.9. The van der Waals surface area contributed by atoms with Crippen LogP contribution in [-0.4, -0.2) is 66.7 Å². The van der Waals surface area contributed by atoms with Gasteiger partial charge in [0, 0.05) is 29.6 Å². The lowest BCUT2D eigenvalue weighted by Crippen LogP contribution is -2.45. The van der Waals surface area contributed by atoms with Crippen LogP contribution in [0, 0.1) is 11.8 Å². The van der Waals surface area contributed by atoms with Gasteiger partial charge in [-0.3, -0.25) is 19.3 Å². The van der Waals surface area contributed by atoms with E-state index in [0.717, 1.165) is 46.7 Å². The molecule has 0 aliphatic carbocycles. The maximum Gasteiger partial charge on any atom is 0.269 e. The number of hydrogen-bond donors (Lipinski definition) is 1. The Bertz CT molecular complexity index is 2070. The Morgan fingerprint density at radius 2 is 1.65 bits per heavy atom. The molecule has 4 aliphatic rings. The Hall–Kier alpha value is -5.19. The number of benzene rings is 4. The average Bonchev–Trinajstić information content (AvgIpc) is 3.86. The number of aliphatic hydroxyl groups is 1. The molecular weight excluding hydrogens is 682 g/mol. The molecule has 4 heterocycles. The molecule has 2 saturated heterocycles. The van der Waals surface area contributed by atoms with Gasteiger partial charge >= 0.3 is 0 Å². The monoisotopic (exact) mass is 729 g/mol. The third kappa shape index (κ3) is 5.74. The summed E-state index contributed by atoms with van der Waals surface area (Å²) in [6, 6.07) is 30.8. The van der Waals surface area contributed by atoms with Crippen LogP contribution in [0.1, 0.15) is 56.7 Å². The van der Waals surface area contributed by atoms with Gasteiger partial charge in [-0.1, -0.05) is 75.4 Å². The normalized spacial score (nSPS) is 24.9. The Morgan fingerprint density at radius 1 is 0.944 bits per heavy atom. The van der Waals surface area contributed by atoms with Crippen LogP contribution in [0.5, 0.6) is 11.5 Å². The van der Waals surface area contributed by atoms with Crippen LogP contribution >= 0.6 is 0 Å². The zero-order valence-electron chi connectivity index (χ0n) is 31.2. The summed E-state index contributed by atoms with van der Waals surface area (Å²) in [5, 5.41) is 10.0. The maximum atomic E-state index is 15.2. The minimum absolute atomic E-state index is 0.0407. The third-order valence-corrected chi connectivity index (χ3v) is 12.3. The SMILES string of the molecule is COc1ccc(C(C)(C)[C@H]2[C@H](CC(=O)N3CCC[C@H]3CO)O[C@@]3(C(=O)N(Cc4ccc(N5C(=O)COc6ccccc65)cc4)c4ccccc43)[C@@H]2C)cc1. The van der Waals surface area contributed by atoms with Gasteiger partial charge in [0.25, 0.3) is 11.8 Å². The van der Waals surface area contributed by atoms with Crippen molar-refractivity contribution in [1.29, 1.82) is 0 Å². The fraction of sp³-hybridized carbons (Fsp3) is 0.386. The summed E-state index contributed by atoms with van der Waals surface area (Å²) in [5.74, 6) is 0.492. The number of likely N-dealkylation sites (tertiary alicyclic amines) is 1. The van der Waals surface area contributed by atoms with E-state index < -0.39 is 17.1 Å². The zero-order valence-corrected chi connectivity index (χ0v) is 31.2. The molecule has 0 unspecified atom stereocenters. The van der Waals surface area contributed by atoms with Crippen molar-refractivity contribution in [2.24, 2.45) is 11.8 Å². The molecule has 0 saturated carbocycles. The highest BCUT2D eigenvalue weighted by Crippen LogP contribution is 2.60. The molecule has 1 spiro atoms. The van der Waals surface area contributed by atoms with Crippen molar-refractivity contribution in [3.05, 3.63) is 114 Å². The van der Waals surface area contributed by atoms with E-state index in [9.17, 15) is 14.7 Å². The molecule has 2 fully saturated rings. The van der Waals surface area contributed by atoms with Gasteiger partial charge in [-0.25, -0.2) is 0 Å². The largest absolute Gasteiger partial charge is 0.497 e. The van der Waals surface area contributed by atoms with Crippen molar-refractivity contribution < 1.29 is 33.7 Å². The Balaban J connectivity index is 1.13. The van der Waals surface area contributed by atoms with Crippen LogP contribution in [0.3, 0.4) is 0 Å². The minimum atomic E-state index is -1.32. The van der Waals surface area contributed by atoms with Crippen LogP contribution in [0.2, 0.25) is 0 Å². The smallest absolute Gasteiger partial charge is 0.269 e. The molecule has 1 N–H and O–H groups in total. The molecule has 10 nitrogen and oxygen atoms in total. The summed E-state index contributed by atoms with van der Waals surface area (Å²) in [4.78, 5) is 47.4. The van der Waals surface area contributed by atoms with Gasteiger partial charge in [-0.15, -0.1) is 0 Å². The van der Waals surface area contributed by atoms with Crippen LogP contribution < -0.4 is 19.3 Å². The van der Waals surface area contributed by atoms with Gasteiger partial charge in [0.15, 0.2) is 12.2 Å². The molecule has 8 rings (SSSR count). The quantitative estimate of drug-likeness (QED) is 0.210. The average molecular weight is 730 g/mol. The van der Waals surface area contributed by atoms with E-state index in [4.69, 9.17) is 14.2 Å². The number of fused-ring (bicyclic) bond motifs is 3. The molecule has 5 atom stereocenters. The molecule has 54 heavy (non-hydrogen) atoms. The van der Waals surface area contributed by atoms with Crippen molar-refractivity contribution in [2.45, 2.75) is 69.7 Å². The first-order valence-electron chi connectivity index (χ1n) is 18.9. The van der Waals surface area contributed by atoms with Crippen molar-refractivity contribution in [1.82, 2.24) is 4.90 Å². The van der Waals surface area contributed by atoms with Crippen LogP contribution in [0.15, 0.2) is 97.1 Å². The van der Waals surface area contributed by atoms with Gasteiger partial charge in [0.05, 0.1) is 50.2 Å². The number of rotatable bonds is 9. The molecule has 0 aromatic heterocycles. The summed E-state index contributed by atoms with van der Waals surface area (Å²) in [6.45, 7) is 7.22. The molecule has 0 radical (unpaired) electrons. The first-order chi connectivity index (χ1) is 26.1. The zero-order chi connectivity index (χ0) is 37.8. The van der Waals surface area contributed by atoms with E-state index in [1.54, 1.807) is 21.8 Å². The number of carbonyl (C=O) groups is 3. The maximum absolute atomic E-state index is 15.2. The Kier molecular flexibility index (Phi) is 9.22. The Labute approximate surface area is 316 Å². The second-order valence-corrected chi connectivity index (χ2v) is 15.5. The van der Waals surface area contributed by atoms with E-state index in [2.05, 4.69) is 32.9 Å². The second kappa shape index (κ2) is 13.9. The highest BCUT2D eigenvalue weighted by Gasteiger charge is 2.66. The van der Waals surface area contributed by atoms with Crippen LogP contribution in [0.4, 0.5) is 17.1 Å². The van der Waals surface area contributed by atoms with Crippen molar-refractivity contribution in [3.8, 4) is 11.5 Å². The fourth-order valence-electron chi connectivity index (χ4n) is 9.59. The van der Waals surface area contributed by atoms with E-state index in [0.29, 0.717) is 24.5 Å². The molecule has 10 heteroatoms. The standard InChI is InChI=1S/C44H47N3O7/c1-28-41(43(2,3)30-17-21-33(52-4)22-18-30)38(24-39(49)45-23-9-10-32(45)26-48)54-44(28)34-11-5-6-12-35(34)46(42(44)51)25-29-15-19-31(20-16-29)47-36-13-7-8-14-37(36)53-27-40(47)50/h5-8,11-22,28,32,38,41,48H,9-10,23-27H2,1-4H3/t28-,32+,38+,41-,44+/m1/s1. The predicted molar refractivity (Wildman–Crippen MR) is 205 cm³/mol. The number of anilines is 3. The highest BCUT2D eigenvalue weighted by molar-refractivity contribution is 6.08. The first kappa shape index (κ1) is 35.8. The number of carbonyl (C=O) groups excluding carboxylic acids is 3. The lowest BCUT2D eigenvalue weighted by molar-refractivity contribution is -0.150. The summed E-state index contributed by atoms with van der Waals surface area (Å²) in [7, 11) is 1.64. The van der Waals surface area contributed by atoms with Crippen molar-refractivity contribution >= 4 is 34.8 Å². The van der Waals surface area contributed by atoms with Crippen LogP contribution in [-0.2, 0) is 36.7 Å². The van der Waals surface area contributed by atoms with Crippen LogP contribution in [0.25, 0.3) is 0 Å². The molecular formula is C44H47N3O7. The summed E-state index contributed by atoms with van der Waals surface area (Å²) in [6.07, 6.45) is 1.15. The second-order valence-electron chi connectivity index (χ2n) is 15.5. The Morgan fingerprint density at radius 3 is 2.37 bits per heavy atom. The number of para-hydroxylation sites is 3. The number of methoxy groups -OCH3 is 1. The number of amides is 3. The van der Waals surface area contributed by atoms with Crippen molar-refractivity contribution in [2.75, 3.05) is 36.7 Å². The molecule has 280 valence electrons. The molecule has 4 aliphatic heterocycles. The van der Waals surface area contributed by atoms with Crippen molar-refractivity contribution in [3.63, 3.8) is 0 Å². The lowest BCUT2D eigenvalue weighted by atomic mass is 9.63. The van der Waals surface area contributed by atoms with Gasteiger partial charge in [0.1, 0.15) is 11.5 Å². The fourth-order valence-corrected chi connectivity index (χ4v) is 9.59. The summed E-state index contributed by atoms with van der Waals surface area (Å²) < 4.78 is 18.3. The molecule has 4 aromatic rings. The lowest BCUT2D eigenvalue weighted by Gasteiger charge is -2.39. The van der Waals surface area contributed by atoms with Gasteiger partial charge in [-0.2, -0.15) is 0 Å². The number of aliphatic hydroxyl groups excluding tert-OH is 1. The predicted octanol–water partition coefficient (Wildman–Crippen LogP) is 6.50. The number of nitrogens with zero attached hydrogens (tertiary/aromatic N) is 3. The van der Waals surface area contributed by atoms with Gasteiger partial charge in [-0.05, 0) is 71.8 Å².